The summed E-state index contributed by atoms with van der Waals surface area (Å²) in [7, 11) is -3.64. The number of rotatable bonds is 14. The van der Waals surface area contributed by atoms with Crippen molar-refractivity contribution >= 4 is 10.4 Å². The molecule has 17 nitrogen and oxygen atoms in total. The minimum Gasteiger partial charge on any atom is -0.393 e. The Labute approximate surface area is 342 Å². The van der Waals surface area contributed by atoms with Crippen LogP contribution in [0.15, 0.2) is 0 Å². The van der Waals surface area contributed by atoms with E-state index in [1.54, 1.807) is 0 Å². The predicted octanol–water partition coefficient (Wildman–Crippen LogP) is 0.512. The Balaban J connectivity index is 1.10. The van der Waals surface area contributed by atoms with Crippen molar-refractivity contribution in [3.8, 4) is 0 Å². The summed E-state index contributed by atoms with van der Waals surface area (Å²) in [6, 6.07) is 0. The molecule has 0 amide bonds. The third kappa shape index (κ3) is 8.79. The molecule has 6 aliphatic rings. The van der Waals surface area contributed by atoms with E-state index in [0.29, 0.717) is 32.1 Å². The van der Waals surface area contributed by atoms with Gasteiger partial charge >= 0.3 is 10.4 Å². The third-order valence-electron chi connectivity index (χ3n) is 15.8. The molecule has 0 bridgehead atoms. The summed E-state index contributed by atoms with van der Waals surface area (Å²) in [6.45, 7) is 10.3. The molecule has 2 saturated heterocycles. The van der Waals surface area contributed by atoms with Crippen LogP contribution < -0.4 is 0 Å². The van der Waals surface area contributed by atoms with Gasteiger partial charge in [-0.1, -0.05) is 41.0 Å². The largest absolute Gasteiger partial charge is 0.397 e. The smallest absolute Gasteiger partial charge is 0.393 e. The quantitative estimate of drug-likeness (QED) is 0.108. The molecule has 58 heavy (non-hydrogen) atoms. The molecule has 338 valence electrons. The lowest BCUT2D eigenvalue weighted by molar-refractivity contribution is -0.345. The van der Waals surface area contributed by atoms with Gasteiger partial charge in [0.15, 0.2) is 12.6 Å². The van der Waals surface area contributed by atoms with E-state index in [1.165, 1.54) is 7.11 Å². The number of hydrogen-bond donors (Lipinski definition) is 9. The van der Waals surface area contributed by atoms with E-state index in [2.05, 4.69) is 27.7 Å². The summed E-state index contributed by atoms with van der Waals surface area (Å²) in [4.78, 5) is 0. The Bertz CT molecular complexity index is 1490. The zero-order valence-electron chi connectivity index (χ0n) is 34.7. The molecule has 2 unspecified atom stereocenters. The Morgan fingerprint density at radius 1 is 0.776 bits per heavy atom. The van der Waals surface area contributed by atoms with E-state index in [4.69, 9.17) is 27.9 Å². The van der Waals surface area contributed by atoms with Crippen LogP contribution >= 0.6 is 0 Å². The lowest BCUT2D eigenvalue weighted by atomic mass is 9.41. The van der Waals surface area contributed by atoms with Crippen molar-refractivity contribution in [1.29, 1.82) is 0 Å². The normalized spacial score (nSPS) is 49.5. The van der Waals surface area contributed by atoms with Crippen LogP contribution in [0, 0.1) is 52.3 Å². The van der Waals surface area contributed by atoms with Gasteiger partial charge in [-0.3, -0.25) is 4.55 Å². The van der Waals surface area contributed by atoms with Gasteiger partial charge in [-0.15, -0.1) is 0 Å². The van der Waals surface area contributed by atoms with Crippen molar-refractivity contribution in [2.45, 2.75) is 172 Å². The highest BCUT2D eigenvalue weighted by Gasteiger charge is 2.72. The number of aliphatic hydroxyl groups is 8. The highest BCUT2D eigenvalue weighted by molar-refractivity contribution is 7.80. The van der Waals surface area contributed by atoms with Gasteiger partial charge < -0.3 is 64.5 Å². The van der Waals surface area contributed by atoms with Crippen molar-refractivity contribution in [3.63, 3.8) is 0 Å². The molecule has 0 aromatic rings. The molecule has 21 atom stereocenters. The molecule has 4 saturated carbocycles. The summed E-state index contributed by atoms with van der Waals surface area (Å²) in [5, 5.41) is 88.1. The average Bonchev–Trinajstić information content (AvgIpc) is 3.42. The first kappa shape index (κ1) is 46.8. The summed E-state index contributed by atoms with van der Waals surface area (Å²) in [6.07, 6.45) is -9.64. The van der Waals surface area contributed by atoms with Crippen molar-refractivity contribution in [2.75, 3.05) is 26.9 Å². The molecule has 0 aromatic carbocycles. The number of methoxy groups -OCH3 is 1. The standard InChI is InChI=1S/C40H70O17S/c1-19(2)21(11-14-53-36-34(32(47)26(44)17-54-36)56-37-33(52-6)31(46)25(43)18-55-37)8-7-20(3)22-15-24(42)35-38(22,4)13-10-28-39(5)12-9-23(41)30(45)29(39)27(16-40(28,35)48)57-58(49,50)51/h19-37,41-48H,7-18H2,1-6H3,(H,49,50,51)/t20-,21-,22-,23+,24-,25-,26-,27?,28-,29?,30+,31+,32+,33-,34-,35-,36-,37+,38-,39-,40+/m1/s1. The highest BCUT2D eigenvalue weighted by Crippen LogP contribution is 2.70. The summed E-state index contributed by atoms with van der Waals surface area (Å²) in [5.74, 6) is -1.19. The molecule has 2 heterocycles. The summed E-state index contributed by atoms with van der Waals surface area (Å²) in [5.41, 5.74) is -2.88. The Kier molecular flexibility index (Phi) is 14.4. The van der Waals surface area contributed by atoms with Crippen LogP contribution in [-0.4, -0.2) is 160 Å². The topological polar surface area (TPSA) is 272 Å². The molecule has 9 N–H and O–H groups in total. The lowest BCUT2D eigenvalue weighted by Gasteiger charge is -2.66. The SMILES string of the molecule is CO[C@H]1[C@H](O[C@H]2[C@H](OCC[C@@H](CC[C@@H](C)[C@H]3C[C@@H](O)[C@@H]4[C@]3(C)CC[C@H]3[C@@]4(O)CC(OS(=O)(=O)O)C4[C@@H](O)[C@@H](O)CC[C@@]43C)C(C)C)OC[C@@H](O)[C@@H]2O)OC[C@@H](O)[C@@H]1O. The fourth-order valence-electron chi connectivity index (χ4n) is 12.9. The van der Waals surface area contributed by atoms with Gasteiger partial charge in [0.1, 0.15) is 36.6 Å². The van der Waals surface area contributed by atoms with Gasteiger partial charge in [-0.25, -0.2) is 4.18 Å². The highest BCUT2D eigenvalue weighted by atomic mass is 32.3. The monoisotopic (exact) mass is 854 g/mol. The Hall–Kier alpha value is -0.650. The zero-order chi connectivity index (χ0) is 42.7. The first-order valence-corrected chi connectivity index (χ1v) is 22.6. The van der Waals surface area contributed by atoms with Gasteiger partial charge in [0.05, 0.1) is 49.8 Å². The van der Waals surface area contributed by atoms with Gasteiger partial charge in [0.25, 0.3) is 0 Å². The van der Waals surface area contributed by atoms with Crippen molar-refractivity contribution in [1.82, 2.24) is 0 Å². The molecular formula is C40H70O17S. The van der Waals surface area contributed by atoms with E-state index in [0.717, 1.165) is 12.8 Å². The predicted molar refractivity (Wildman–Crippen MR) is 204 cm³/mol. The third-order valence-corrected chi connectivity index (χ3v) is 16.3. The maximum atomic E-state index is 12.8. The van der Waals surface area contributed by atoms with Crippen LogP contribution in [0.25, 0.3) is 0 Å². The van der Waals surface area contributed by atoms with E-state index in [-0.39, 0.29) is 56.3 Å². The molecule has 4 aliphatic carbocycles. The van der Waals surface area contributed by atoms with Crippen LogP contribution in [0.5, 0.6) is 0 Å². The molecule has 0 aromatic heterocycles. The first-order valence-electron chi connectivity index (χ1n) is 21.2. The minimum atomic E-state index is -4.97. The maximum Gasteiger partial charge on any atom is 0.397 e. The molecular weight excluding hydrogens is 784 g/mol. The van der Waals surface area contributed by atoms with Crippen molar-refractivity contribution in [2.24, 2.45) is 52.3 Å². The lowest BCUT2D eigenvalue weighted by Crippen LogP contribution is -2.71. The van der Waals surface area contributed by atoms with Gasteiger partial charge in [0.2, 0.25) is 0 Å². The second-order valence-electron chi connectivity index (χ2n) is 19.4. The number of hydrogen-bond acceptors (Lipinski definition) is 16. The minimum absolute atomic E-state index is 0.0332. The van der Waals surface area contributed by atoms with Gasteiger partial charge in [-0.2, -0.15) is 8.42 Å². The van der Waals surface area contributed by atoms with E-state index in [1.807, 2.05) is 6.92 Å². The molecule has 0 radical (unpaired) electrons. The fourth-order valence-corrected chi connectivity index (χ4v) is 13.4. The second kappa shape index (κ2) is 17.8. The van der Waals surface area contributed by atoms with Crippen LogP contribution in [0.1, 0.15) is 92.4 Å². The Morgan fingerprint density at radius 3 is 2.02 bits per heavy atom. The summed E-state index contributed by atoms with van der Waals surface area (Å²) >= 11 is 0. The number of fused-ring (bicyclic) bond motifs is 5. The van der Waals surface area contributed by atoms with E-state index in [9.17, 15) is 53.8 Å². The molecule has 18 heteroatoms. The fraction of sp³-hybridized carbons (Fsp3) is 1.00. The maximum absolute atomic E-state index is 12.8. The Morgan fingerprint density at radius 2 is 1.40 bits per heavy atom. The molecule has 6 rings (SSSR count). The first-order chi connectivity index (χ1) is 27.1. The van der Waals surface area contributed by atoms with Crippen molar-refractivity contribution in [3.05, 3.63) is 0 Å². The summed E-state index contributed by atoms with van der Waals surface area (Å²) < 4.78 is 67.9. The van der Waals surface area contributed by atoms with Crippen LogP contribution in [0.4, 0.5) is 0 Å². The van der Waals surface area contributed by atoms with Crippen LogP contribution in [0.2, 0.25) is 0 Å². The molecule has 2 aliphatic heterocycles. The van der Waals surface area contributed by atoms with Gasteiger partial charge in [0, 0.05) is 25.4 Å². The average molecular weight is 855 g/mol. The van der Waals surface area contributed by atoms with Gasteiger partial charge in [-0.05, 0) is 85.4 Å². The second-order valence-corrected chi connectivity index (χ2v) is 20.5. The molecule has 6 fully saturated rings. The number of aliphatic hydroxyl groups excluding tert-OH is 7. The number of ether oxygens (including phenoxy) is 5. The van der Waals surface area contributed by atoms with Crippen molar-refractivity contribution < 1.29 is 81.7 Å². The van der Waals surface area contributed by atoms with Crippen LogP contribution in [-0.2, 0) is 38.3 Å². The van der Waals surface area contributed by atoms with E-state index < -0.39 is 118 Å². The van der Waals surface area contributed by atoms with Crippen LogP contribution in [0.3, 0.4) is 0 Å². The zero-order valence-corrected chi connectivity index (χ0v) is 35.5. The molecule has 0 spiro atoms. The van der Waals surface area contributed by atoms with E-state index >= 15 is 0 Å².